The molecule has 0 aliphatic heterocycles. The Morgan fingerprint density at radius 2 is 1.64 bits per heavy atom. The zero-order chi connectivity index (χ0) is 26.5. The van der Waals surface area contributed by atoms with Crippen LogP contribution in [0.15, 0.2) is 48.5 Å². The SMILES string of the molecule is CC(C(=O)NC1CCCC1)N(Cc1ccccc1F)C(=O)CN(c1ccc(F)cc1)S(=O)(=O)N(C)C. The molecule has 2 aromatic carbocycles. The average molecular weight is 523 g/mol. The van der Waals surface area contributed by atoms with E-state index >= 15 is 0 Å². The molecule has 0 spiro atoms. The largest absolute Gasteiger partial charge is 0.352 e. The fourth-order valence-corrected chi connectivity index (χ4v) is 5.16. The van der Waals surface area contributed by atoms with Crippen LogP contribution in [0.3, 0.4) is 0 Å². The summed E-state index contributed by atoms with van der Waals surface area (Å²) in [6.45, 7) is 0.636. The van der Waals surface area contributed by atoms with Crippen LogP contribution in [0.4, 0.5) is 14.5 Å². The second kappa shape index (κ2) is 11.8. The Morgan fingerprint density at radius 3 is 2.22 bits per heavy atom. The van der Waals surface area contributed by atoms with Gasteiger partial charge in [0.1, 0.15) is 24.2 Å². The van der Waals surface area contributed by atoms with E-state index in [4.69, 9.17) is 0 Å². The zero-order valence-electron chi connectivity index (χ0n) is 20.7. The number of halogens is 2. The van der Waals surface area contributed by atoms with Crippen LogP contribution in [0.2, 0.25) is 0 Å². The average Bonchev–Trinajstić information content (AvgIpc) is 3.35. The van der Waals surface area contributed by atoms with Gasteiger partial charge in [0.25, 0.3) is 0 Å². The molecule has 1 saturated carbocycles. The normalized spacial score (nSPS) is 15.1. The Hall–Kier alpha value is -3.05. The third-order valence-electron chi connectivity index (χ3n) is 6.30. The van der Waals surface area contributed by atoms with Crippen molar-refractivity contribution in [1.82, 2.24) is 14.5 Å². The van der Waals surface area contributed by atoms with Crippen molar-refractivity contribution < 1.29 is 26.8 Å². The Bertz CT molecular complexity index is 1170. The third kappa shape index (κ3) is 6.58. The molecule has 2 amide bonds. The number of hydrogen-bond acceptors (Lipinski definition) is 4. The summed E-state index contributed by atoms with van der Waals surface area (Å²) < 4.78 is 55.9. The van der Waals surface area contributed by atoms with Gasteiger partial charge in [-0.05, 0) is 50.1 Å². The molecule has 2 aromatic rings. The first-order chi connectivity index (χ1) is 17.0. The van der Waals surface area contributed by atoms with Crippen molar-refractivity contribution in [3.8, 4) is 0 Å². The predicted molar refractivity (Wildman–Crippen MR) is 133 cm³/mol. The molecular weight excluding hydrogens is 490 g/mol. The molecule has 0 heterocycles. The van der Waals surface area contributed by atoms with Gasteiger partial charge in [-0.1, -0.05) is 31.0 Å². The molecule has 1 unspecified atom stereocenters. The molecule has 1 aliphatic carbocycles. The second-order valence-electron chi connectivity index (χ2n) is 9.05. The molecule has 0 bridgehead atoms. The highest BCUT2D eigenvalue weighted by Gasteiger charge is 2.33. The highest BCUT2D eigenvalue weighted by molar-refractivity contribution is 7.90. The molecule has 1 aliphatic rings. The molecule has 196 valence electrons. The Labute approximate surface area is 211 Å². The van der Waals surface area contributed by atoms with E-state index in [1.54, 1.807) is 6.07 Å². The van der Waals surface area contributed by atoms with Gasteiger partial charge in [-0.25, -0.2) is 13.1 Å². The summed E-state index contributed by atoms with van der Waals surface area (Å²) in [4.78, 5) is 27.8. The lowest BCUT2D eigenvalue weighted by atomic mass is 10.1. The number of nitrogens with zero attached hydrogens (tertiary/aromatic N) is 3. The van der Waals surface area contributed by atoms with Gasteiger partial charge in [-0.3, -0.25) is 9.59 Å². The van der Waals surface area contributed by atoms with Crippen LogP contribution in [0, 0.1) is 11.6 Å². The number of carbonyl (C=O) groups is 2. The minimum absolute atomic E-state index is 0.00944. The fourth-order valence-electron chi connectivity index (χ4n) is 4.11. The van der Waals surface area contributed by atoms with E-state index in [0.29, 0.717) is 0 Å². The van der Waals surface area contributed by atoms with Gasteiger partial charge in [0.15, 0.2) is 0 Å². The minimum Gasteiger partial charge on any atom is -0.352 e. The summed E-state index contributed by atoms with van der Waals surface area (Å²) in [6.07, 6.45) is 3.71. The molecule has 3 rings (SSSR count). The van der Waals surface area contributed by atoms with Gasteiger partial charge < -0.3 is 10.2 Å². The van der Waals surface area contributed by atoms with E-state index in [9.17, 15) is 26.8 Å². The lowest BCUT2D eigenvalue weighted by Gasteiger charge is -2.33. The highest BCUT2D eigenvalue weighted by Crippen LogP contribution is 2.22. The van der Waals surface area contributed by atoms with Crippen LogP contribution in [0.25, 0.3) is 0 Å². The van der Waals surface area contributed by atoms with Gasteiger partial charge in [0.2, 0.25) is 11.8 Å². The first-order valence-electron chi connectivity index (χ1n) is 11.8. The van der Waals surface area contributed by atoms with Gasteiger partial charge >= 0.3 is 10.2 Å². The highest BCUT2D eigenvalue weighted by atomic mass is 32.2. The van der Waals surface area contributed by atoms with E-state index in [0.717, 1.165) is 46.4 Å². The van der Waals surface area contributed by atoms with Crippen LogP contribution >= 0.6 is 0 Å². The van der Waals surface area contributed by atoms with Crippen molar-refractivity contribution in [3.63, 3.8) is 0 Å². The van der Waals surface area contributed by atoms with Crippen LogP contribution in [-0.2, 0) is 26.3 Å². The zero-order valence-corrected chi connectivity index (χ0v) is 21.5. The van der Waals surface area contributed by atoms with Crippen LogP contribution in [0.5, 0.6) is 0 Å². The van der Waals surface area contributed by atoms with Gasteiger partial charge in [0.05, 0.1) is 5.69 Å². The van der Waals surface area contributed by atoms with Crippen LogP contribution < -0.4 is 9.62 Å². The molecule has 1 N–H and O–H groups in total. The lowest BCUT2D eigenvalue weighted by Crippen LogP contribution is -2.53. The van der Waals surface area contributed by atoms with Crippen molar-refractivity contribution in [1.29, 1.82) is 0 Å². The van der Waals surface area contributed by atoms with Crippen molar-refractivity contribution >= 4 is 27.7 Å². The number of carbonyl (C=O) groups excluding carboxylic acids is 2. The Morgan fingerprint density at radius 1 is 1.03 bits per heavy atom. The maximum absolute atomic E-state index is 14.5. The molecule has 0 saturated heterocycles. The Kier molecular flexibility index (Phi) is 9.02. The summed E-state index contributed by atoms with van der Waals surface area (Å²) in [5.74, 6) is -2.21. The lowest BCUT2D eigenvalue weighted by molar-refractivity contribution is -0.139. The van der Waals surface area contributed by atoms with E-state index in [2.05, 4.69) is 5.32 Å². The van der Waals surface area contributed by atoms with Crippen LogP contribution in [-0.4, -0.2) is 62.2 Å². The fraction of sp³-hybridized carbons (Fsp3) is 0.440. The molecule has 0 aromatic heterocycles. The summed E-state index contributed by atoms with van der Waals surface area (Å²) >= 11 is 0. The quantitative estimate of drug-likeness (QED) is 0.520. The van der Waals surface area contributed by atoms with E-state index in [-0.39, 0.29) is 23.8 Å². The first-order valence-corrected chi connectivity index (χ1v) is 13.2. The molecule has 0 radical (unpaired) electrons. The summed E-state index contributed by atoms with van der Waals surface area (Å²) in [5, 5.41) is 2.95. The number of rotatable bonds is 10. The van der Waals surface area contributed by atoms with Crippen molar-refractivity contribution in [2.75, 3.05) is 24.9 Å². The number of hydrogen-bond donors (Lipinski definition) is 1. The second-order valence-corrected chi connectivity index (χ2v) is 11.1. The van der Waals surface area contributed by atoms with Gasteiger partial charge in [-0.15, -0.1) is 0 Å². The molecular formula is C25H32F2N4O4S. The molecule has 8 nitrogen and oxygen atoms in total. The maximum Gasteiger partial charge on any atom is 0.304 e. The molecule has 1 fully saturated rings. The van der Waals surface area contributed by atoms with Crippen molar-refractivity contribution in [2.45, 2.75) is 51.2 Å². The van der Waals surface area contributed by atoms with E-state index in [1.165, 1.54) is 56.3 Å². The van der Waals surface area contributed by atoms with E-state index < -0.39 is 46.2 Å². The standard InChI is InChI=1S/C25H32F2N4O4S/c1-18(25(33)28-21-9-5-6-10-21)30(16-19-8-4-7-11-23(19)27)24(32)17-31(36(34,35)29(2)3)22-14-12-20(26)13-15-22/h4,7-8,11-15,18,21H,5-6,9-10,16-17H2,1-3H3,(H,28,33). The minimum atomic E-state index is -4.16. The van der Waals surface area contributed by atoms with E-state index in [1.807, 2.05) is 0 Å². The number of anilines is 1. The topological polar surface area (TPSA) is 90.0 Å². The van der Waals surface area contributed by atoms with Gasteiger partial charge in [-0.2, -0.15) is 12.7 Å². The maximum atomic E-state index is 14.5. The number of amides is 2. The van der Waals surface area contributed by atoms with Crippen molar-refractivity contribution in [2.24, 2.45) is 0 Å². The van der Waals surface area contributed by atoms with Gasteiger partial charge in [0, 0.05) is 32.2 Å². The monoisotopic (exact) mass is 522 g/mol. The molecule has 36 heavy (non-hydrogen) atoms. The summed E-state index contributed by atoms with van der Waals surface area (Å²) in [5.41, 5.74) is 0.266. The van der Waals surface area contributed by atoms with Crippen molar-refractivity contribution in [3.05, 3.63) is 65.7 Å². The predicted octanol–water partition coefficient (Wildman–Crippen LogP) is 3.05. The summed E-state index contributed by atoms with van der Waals surface area (Å²) in [7, 11) is -1.54. The summed E-state index contributed by atoms with van der Waals surface area (Å²) in [6, 6.07) is 9.59. The molecule has 11 heteroatoms. The Balaban J connectivity index is 1.93. The number of nitrogens with one attached hydrogen (secondary N) is 1. The number of benzene rings is 2. The van der Waals surface area contributed by atoms with Crippen LogP contribution in [0.1, 0.15) is 38.2 Å². The smallest absolute Gasteiger partial charge is 0.304 e. The molecule has 1 atom stereocenters. The third-order valence-corrected chi connectivity index (χ3v) is 8.12. The first kappa shape index (κ1) is 27.5.